The summed E-state index contributed by atoms with van der Waals surface area (Å²) in [5, 5.41) is 11.6. The fourth-order valence-electron chi connectivity index (χ4n) is 1.08. The second kappa shape index (κ2) is 5.38. The minimum absolute atomic E-state index is 0.0292. The third-order valence-corrected chi connectivity index (χ3v) is 2.86. The van der Waals surface area contributed by atoms with Crippen LogP contribution in [0.3, 0.4) is 0 Å². The van der Waals surface area contributed by atoms with Gasteiger partial charge in [0.25, 0.3) is 0 Å². The Morgan fingerprint density at radius 3 is 2.35 bits per heavy atom. The largest absolute Gasteiger partial charge is 0.478 e. The van der Waals surface area contributed by atoms with Crippen molar-refractivity contribution in [3.05, 3.63) is 27.7 Å². The SMILES string of the molecule is CC(C)C(=O)Nc1cc(C(=O)O)cc(Cl)c1Cl. The maximum Gasteiger partial charge on any atom is 0.335 e. The van der Waals surface area contributed by atoms with E-state index in [9.17, 15) is 9.59 Å². The molecular formula is C11H11Cl2NO3. The van der Waals surface area contributed by atoms with Crippen molar-refractivity contribution in [3.63, 3.8) is 0 Å². The van der Waals surface area contributed by atoms with E-state index in [-0.39, 0.29) is 33.1 Å². The molecule has 0 bridgehead atoms. The van der Waals surface area contributed by atoms with Crippen molar-refractivity contribution < 1.29 is 14.7 Å². The Kier molecular flexibility index (Phi) is 4.37. The molecule has 0 aromatic heterocycles. The van der Waals surface area contributed by atoms with Crippen LogP contribution in [0.4, 0.5) is 5.69 Å². The average Bonchev–Trinajstić information content (AvgIpc) is 2.23. The van der Waals surface area contributed by atoms with Gasteiger partial charge in [-0.05, 0) is 12.1 Å². The maximum atomic E-state index is 11.5. The molecule has 1 aromatic rings. The van der Waals surface area contributed by atoms with Crippen molar-refractivity contribution in [2.24, 2.45) is 5.92 Å². The fraction of sp³-hybridized carbons (Fsp3) is 0.273. The summed E-state index contributed by atoms with van der Waals surface area (Å²) in [6.07, 6.45) is 0. The van der Waals surface area contributed by atoms with Crippen LogP contribution in [0.1, 0.15) is 24.2 Å². The van der Waals surface area contributed by atoms with Crippen LogP contribution in [-0.2, 0) is 4.79 Å². The van der Waals surface area contributed by atoms with Gasteiger partial charge in [-0.1, -0.05) is 37.0 Å². The molecular weight excluding hydrogens is 265 g/mol. The molecule has 0 aliphatic carbocycles. The van der Waals surface area contributed by atoms with Gasteiger partial charge in [-0.2, -0.15) is 0 Å². The zero-order valence-electron chi connectivity index (χ0n) is 9.25. The molecule has 1 aromatic carbocycles. The predicted molar refractivity (Wildman–Crippen MR) is 66.9 cm³/mol. The van der Waals surface area contributed by atoms with Crippen LogP contribution < -0.4 is 5.32 Å². The number of amides is 1. The van der Waals surface area contributed by atoms with Gasteiger partial charge in [-0.25, -0.2) is 4.79 Å². The molecule has 0 radical (unpaired) electrons. The zero-order chi connectivity index (χ0) is 13.2. The molecule has 0 spiro atoms. The Bertz CT molecular complexity index is 472. The smallest absolute Gasteiger partial charge is 0.335 e. The summed E-state index contributed by atoms with van der Waals surface area (Å²) >= 11 is 11.7. The monoisotopic (exact) mass is 275 g/mol. The van der Waals surface area contributed by atoms with E-state index in [1.807, 2.05) is 0 Å². The Morgan fingerprint density at radius 1 is 1.29 bits per heavy atom. The van der Waals surface area contributed by atoms with Crippen molar-refractivity contribution in [3.8, 4) is 0 Å². The number of halogens is 2. The number of carbonyl (C=O) groups excluding carboxylic acids is 1. The molecule has 0 aliphatic rings. The molecule has 0 fully saturated rings. The number of aromatic carboxylic acids is 1. The summed E-state index contributed by atoms with van der Waals surface area (Å²) in [7, 11) is 0. The highest BCUT2D eigenvalue weighted by atomic mass is 35.5. The number of carbonyl (C=O) groups is 2. The van der Waals surface area contributed by atoms with Gasteiger partial charge in [-0.15, -0.1) is 0 Å². The number of anilines is 1. The highest BCUT2D eigenvalue weighted by Crippen LogP contribution is 2.31. The second-order valence-electron chi connectivity index (χ2n) is 3.77. The molecule has 0 saturated carbocycles. The topological polar surface area (TPSA) is 66.4 Å². The number of carboxylic acids is 1. The Hall–Kier alpha value is -1.26. The molecule has 17 heavy (non-hydrogen) atoms. The van der Waals surface area contributed by atoms with E-state index < -0.39 is 5.97 Å². The first-order chi connectivity index (χ1) is 7.82. The van der Waals surface area contributed by atoms with Crippen LogP contribution in [0.25, 0.3) is 0 Å². The minimum Gasteiger partial charge on any atom is -0.478 e. The summed E-state index contributed by atoms with van der Waals surface area (Å²) in [6, 6.07) is 2.51. The lowest BCUT2D eigenvalue weighted by Crippen LogP contribution is -2.18. The van der Waals surface area contributed by atoms with Crippen LogP contribution in [0.15, 0.2) is 12.1 Å². The van der Waals surface area contributed by atoms with E-state index in [2.05, 4.69) is 5.32 Å². The number of hydrogen-bond donors (Lipinski definition) is 2. The summed E-state index contributed by atoms with van der Waals surface area (Å²) in [5.41, 5.74) is 0.175. The lowest BCUT2D eigenvalue weighted by atomic mass is 10.1. The fourth-order valence-corrected chi connectivity index (χ4v) is 1.46. The van der Waals surface area contributed by atoms with Crippen LogP contribution >= 0.6 is 23.2 Å². The van der Waals surface area contributed by atoms with Gasteiger partial charge < -0.3 is 10.4 Å². The van der Waals surface area contributed by atoms with Gasteiger partial charge in [-0.3, -0.25) is 4.79 Å². The molecule has 0 saturated heterocycles. The summed E-state index contributed by atoms with van der Waals surface area (Å²) in [5.74, 6) is -1.63. The van der Waals surface area contributed by atoms with Crippen LogP contribution in [0.5, 0.6) is 0 Å². The first kappa shape index (κ1) is 13.8. The van der Waals surface area contributed by atoms with Crippen molar-refractivity contribution in [1.82, 2.24) is 0 Å². The first-order valence-corrected chi connectivity index (χ1v) is 5.61. The average molecular weight is 276 g/mol. The molecule has 4 nitrogen and oxygen atoms in total. The van der Waals surface area contributed by atoms with Gasteiger partial charge in [0.2, 0.25) is 5.91 Å². The Balaban J connectivity index is 3.14. The zero-order valence-corrected chi connectivity index (χ0v) is 10.8. The third kappa shape index (κ3) is 3.35. The lowest BCUT2D eigenvalue weighted by Gasteiger charge is -2.11. The molecule has 2 N–H and O–H groups in total. The summed E-state index contributed by atoms with van der Waals surface area (Å²) in [4.78, 5) is 22.3. The lowest BCUT2D eigenvalue weighted by molar-refractivity contribution is -0.118. The number of nitrogens with one attached hydrogen (secondary N) is 1. The number of carboxylic acid groups (broad SMARTS) is 1. The maximum absolute atomic E-state index is 11.5. The predicted octanol–water partition coefficient (Wildman–Crippen LogP) is 3.29. The minimum atomic E-state index is -1.14. The van der Waals surface area contributed by atoms with Crippen molar-refractivity contribution in [2.75, 3.05) is 5.32 Å². The highest BCUT2D eigenvalue weighted by molar-refractivity contribution is 6.44. The van der Waals surface area contributed by atoms with E-state index in [1.165, 1.54) is 12.1 Å². The van der Waals surface area contributed by atoms with E-state index in [1.54, 1.807) is 13.8 Å². The second-order valence-corrected chi connectivity index (χ2v) is 4.55. The quantitative estimate of drug-likeness (QED) is 0.890. The molecule has 1 rings (SSSR count). The van der Waals surface area contributed by atoms with E-state index in [4.69, 9.17) is 28.3 Å². The molecule has 92 valence electrons. The normalized spacial score (nSPS) is 10.4. The number of benzene rings is 1. The van der Waals surface area contributed by atoms with Gasteiger partial charge in [0, 0.05) is 5.92 Å². The Morgan fingerprint density at radius 2 is 1.88 bits per heavy atom. The molecule has 0 unspecified atom stereocenters. The van der Waals surface area contributed by atoms with Crippen molar-refractivity contribution in [1.29, 1.82) is 0 Å². The van der Waals surface area contributed by atoms with Crippen molar-refractivity contribution >= 4 is 40.8 Å². The van der Waals surface area contributed by atoms with Gasteiger partial charge >= 0.3 is 5.97 Å². The van der Waals surface area contributed by atoms with Crippen LogP contribution in [-0.4, -0.2) is 17.0 Å². The number of hydrogen-bond acceptors (Lipinski definition) is 2. The van der Waals surface area contributed by atoms with E-state index in [0.717, 1.165) is 0 Å². The molecule has 0 aliphatic heterocycles. The standard InChI is InChI=1S/C11H11Cl2NO3/c1-5(2)10(15)14-8-4-6(11(16)17)3-7(12)9(8)13/h3-5H,1-2H3,(H,14,15)(H,16,17). The highest BCUT2D eigenvalue weighted by Gasteiger charge is 2.15. The van der Waals surface area contributed by atoms with E-state index in [0.29, 0.717) is 0 Å². The molecule has 6 heteroatoms. The molecule has 0 atom stereocenters. The third-order valence-electron chi connectivity index (χ3n) is 2.06. The molecule has 1 amide bonds. The van der Waals surface area contributed by atoms with E-state index >= 15 is 0 Å². The van der Waals surface area contributed by atoms with Crippen LogP contribution in [0.2, 0.25) is 10.0 Å². The Labute approximate surface area is 109 Å². The van der Waals surface area contributed by atoms with Gasteiger partial charge in [0.05, 0.1) is 21.3 Å². The summed E-state index contributed by atoms with van der Waals surface area (Å²) in [6.45, 7) is 3.43. The van der Waals surface area contributed by atoms with Crippen LogP contribution in [0, 0.1) is 5.92 Å². The van der Waals surface area contributed by atoms with Gasteiger partial charge in [0.1, 0.15) is 0 Å². The summed E-state index contributed by atoms with van der Waals surface area (Å²) < 4.78 is 0. The number of rotatable bonds is 3. The van der Waals surface area contributed by atoms with Gasteiger partial charge in [0.15, 0.2) is 0 Å². The molecule has 0 heterocycles. The first-order valence-electron chi connectivity index (χ1n) is 4.86. The van der Waals surface area contributed by atoms with Crippen molar-refractivity contribution in [2.45, 2.75) is 13.8 Å².